The van der Waals surface area contributed by atoms with E-state index in [9.17, 15) is 0 Å². The first-order valence-electron chi connectivity index (χ1n) is 19.1. The molecule has 6 aromatic rings. The Labute approximate surface area is 316 Å². The summed E-state index contributed by atoms with van der Waals surface area (Å²) in [6.45, 7) is 11.2. The Hall–Kier alpha value is -5.79. The fraction of sp³-hybridized carbons (Fsp3) is 0.173. The zero-order valence-corrected chi connectivity index (χ0v) is 31.8. The van der Waals surface area contributed by atoms with Crippen LogP contribution in [0.25, 0.3) is 38.6 Å². The molecule has 0 N–H and O–H groups in total. The summed E-state index contributed by atoms with van der Waals surface area (Å²) in [6, 6.07) is 48.8. The number of aryl methyl sites for hydroxylation is 3. The van der Waals surface area contributed by atoms with Crippen molar-refractivity contribution >= 4 is 28.2 Å². The number of fused-ring (bicyclic) bond motifs is 1. The second-order valence-electron chi connectivity index (χ2n) is 14.6. The van der Waals surface area contributed by atoms with Crippen molar-refractivity contribution in [3.8, 4) is 22.3 Å². The number of nitrogens with zero attached hydrogens (tertiary/aromatic N) is 1. The first kappa shape index (κ1) is 35.6. The lowest BCUT2D eigenvalue weighted by Crippen LogP contribution is -2.22. The van der Waals surface area contributed by atoms with E-state index < -0.39 is 0 Å². The predicted octanol–water partition coefficient (Wildman–Crippen LogP) is 13.9. The lowest BCUT2D eigenvalue weighted by molar-refractivity contribution is -0.370. The van der Waals surface area contributed by atoms with Gasteiger partial charge in [0.1, 0.15) is 0 Å². The summed E-state index contributed by atoms with van der Waals surface area (Å²) in [6.07, 6.45) is 19.2. The average molecular weight is 689 g/mol. The predicted molar refractivity (Wildman–Crippen MR) is 229 cm³/mol. The summed E-state index contributed by atoms with van der Waals surface area (Å²) < 4.78 is 2.37. The minimum Gasteiger partial charge on any atom is -0.160 e. The molecule has 1 unspecified atom stereocenters. The third-order valence-electron chi connectivity index (χ3n) is 10.7. The van der Waals surface area contributed by atoms with Crippen molar-refractivity contribution in [2.45, 2.75) is 59.3 Å². The molecule has 1 heteroatoms. The zero-order valence-electron chi connectivity index (χ0n) is 31.8. The number of allylic oxidation sites excluding steroid dienone is 7. The van der Waals surface area contributed by atoms with Crippen LogP contribution in [0, 0.1) is 13.8 Å². The molecule has 1 atom stereocenters. The normalized spacial score (nSPS) is 16.4. The molecular weight excluding hydrogens is 639 g/mol. The van der Waals surface area contributed by atoms with E-state index in [1.165, 1.54) is 72.1 Å². The molecule has 262 valence electrons. The molecule has 6 aromatic carbocycles. The molecule has 0 aliphatic heterocycles. The van der Waals surface area contributed by atoms with E-state index in [4.69, 9.17) is 0 Å². The molecule has 0 heterocycles. The first-order valence-corrected chi connectivity index (χ1v) is 19.1. The highest BCUT2D eigenvalue weighted by atomic mass is 15.0. The maximum absolute atomic E-state index is 2.44. The highest BCUT2D eigenvalue weighted by molar-refractivity contribution is 5.93. The van der Waals surface area contributed by atoms with Crippen LogP contribution in [0.15, 0.2) is 176 Å². The quantitative estimate of drug-likeness (QED) is 0.0766. The average Bonchev–Trinajstić information content (AvgIpc) is 3.19. The summed E-state index contributed by atoms with van der Waals surface area (Å²) in [5, 5.41) is 2.46. The second-order valence-corrected chi connectivity index (χ2v) is 14.6. The van der Waals surface area contributed by atoms with E-state index >= 15 is 0 Å². The Balaban J connectivity index is 1.30. The molecule has 0 fully saturated rings. The number of benzene rings is 6. The van der Waals surface area contributed by atoms with Gasteiger partial charge < -0.3 is 0 Å². The summed E-state index contributed by atoms with van der Waals surface area (Å²) in [4.78, 5) is 0. The smallest absolute Gasteiger partial charge is 0.160 e. The Bertz CT molecular complexity index is 2410. The minimum absolute atomic E-state index is 0.128. The van der Waals surface area contributed by atoms with Crippen LogP contribution in [0.4, 0.5) is 5.69 Å². The highest BCUT2D eigenvalue weighted by Crippen LogP contribution is 2.39. The monoisotopic (exact) mass is 688 g/mol. The molecule has 0 saturated carbocycles. The number of hydrogen-bond acceptors (Lipinski definition) is 0. The fourth-order valence-corrected chi connectivity index (χ4v) is 7.71. The third-order valence-corrected chi connectivity index (χ3v) is 10.7. The van der Waals surface area contributed by atoms with Gasteiger partial charge in [0.25, 0.3) is 0 Å². The molecule has 53 heavy (non-hydrogen) atoms. The van der Waals surface area contributed by atoms with Gasteiger partial charge in [0.15, 0.2) is 6.21 Å². The van der Waals surface area contributed by atoms with Crippen LogP contribution in [0.3, 0.4) is 0 Å². The molecular formula is C52H50N+. The van der Waals surface area contributed by atoms with E-state index in [-0.39, 0.29) is 5.41 Å². The Morgan fingerprint density at radius 1 is 0.755 bits per heavy atom. The van der Waals surface area contributed by atoms with Gasteiger partial charge in [-0.25, -0.2) is 0 Å². The van der Waals surface area contributed by atoms with Gasteiger partial charge in [-0.2, -0.15) is 4.58 Å². The molecule has 7 rings (SSSR count). The fourth-order valence-electron chi connectivity index (χ4n) is 7.71. The molecule has 1 aliphatic rings. The van der Waals surface area contributed by atoms with Crippen LogP contribution in [0.2, 0.25) is 0 Å². The molecule has 1 aliphatic carbocycles. The van der Waals surface area contributed by atoms with Crippen LogP contribution < -0.4 is 0 Å². The van der Waals surface area contributed by atoms with E-state index in [0.717, 1.165) is 24.9 Å². The first-order chi connectivity index (χ1) is 25.9. The van der Waals surface area contributed by atoms with Crippen molar-refractivity contribution in [2.75, 3.05) is 0 Å². The SMILES string of the molecule is C/C=C\C(=C/C=[N+](C1=CCC(C)(c2ccc(C)c(-c3ccccc3CCC)c2)C=C1)c1cccc2ccccc12)c1cc(C)cc(-c2ccccc2)c1. The van der Waals surface area contributed by atoms with Gasteiger partial charge in [-0.05, 0) is 119 Å². The highest BCUT2D eigenvalue weighted by Gasteiger charge is 2.29. The van der Waals surface area contributed by atoms with Crippen LogP contribution in [0.1, 0.15) is 61.4 Å². The van der Waals surface area contributed by atoms with Crippen molar-refractivity contribution in [1.29, 1.82) is 0 Å². The minimum atomic E-state index is -0.128. The largest absolute Gasteiger partial charge is 0.218 e. The lowest BCUT2D eigenvalue weighted by Gasteiger charge is -2.29. The molecule has 0 aromatic heterocycles. The third kappa shape index (κ3) is 7.71. The summed E-state index contributed by atoms with van der Waals surface area (Å²) in [5.74, 6) is 0. The molecule has 0 radical (unpaired) electrons. The van der Waals surface area contributed by atoms with Crippen LogP contribution in [0.5, 0.6) is 0 Å². The van der Waals surface area contributed by atoms with Gasteiger partial charge in [0.2, 0.25) is 11.4 Å². The Morgan fingerprint density at radius 2 is 1.53 bits per heavy atom. The Kier molecular flexibility index (Phi) is 10.6. The van der Waals surface area contributed by atoms with E-state index in [1.807, 2.05) is 0 Å². The number of rotatable bonds is 10. The van der Waals surface area contributed by atoms with E-state index in [2.05, 4.69) is 215 Å². The van der Waals surface area contributed by atoms with Crippen molar-refractivity contribution in [3.05, 3.63) is 203 Å². The van der Waals surface area contributed by atoms with E-state index in [1.54, 1.807) is 0 Å². The van der Waals surface area contributed by atoms with Gasteiger partial charge in [-0.3, -0.25) is 0 Å². The summed E-state index contributed by atoms with van der Waals surface area (Å²) in [5.41, 5.74) is 15.1. The molecule has 0 saturated heterocycles. The maximum atomic E-state index is 2.44. The van der Waals surface area contributed by atoms with Crippen molar-refractivity contribution < 1.29 is 4.58 Å². The molecule has 0 amide bonds. The van der Waals surface area contributed by atoms with Crippen LogP contribution in [-0.4, -0.2) is 10.8 Å². The van der Waals surface area contributed by atoms with Gasteiger partial charge >= 0.3 is 0 Å². The van der Waals surface area contributed by atoms with Gasteiger partial charge in [-0.1, -0.05) is 148 Å². The molecule has 0 bridgehead atoms. The maximum Gasteiger partial charge on any atom is 0.218 e. The standard InChI is InChI=1S/C52H50N/c1-6-16-40(44-34-38(3)35-45(36-44)41-18-9-8-10-19-41)30-33-53(51-25-15-22-43-21-12-14-24-49(43)51)47-28-31-52(5,32-29-47)46-27-26-39(4)50(37-46)48-23-13-11-20-42(48)17-7-2/h6,8-16,18-31,33-37H,7,17,32H2,1-5H3/q+1/b16-6-,40-30+,53-33?. The van der Waals surface area contributed by atoms with Crippen molar-refractivity contribution in [3.63, 3.8) is 0 Å². The van der Waals surface area contributed by atoms with Crippen LogP contribution >= 0.6 is 0 Å². The van der Waals surface area contributed by atoms with Gasteiger partial charge in [-0.15, -0.1) is 0 Å². The van der Waals surface area contributed by atoms with Crippen LogP contribution in [-0.2, 0) is 11.8 Å². The summed E-state index contributed by atoms with van der Waals surface area (Å²) >= 11 is 0. The van der Waals surface area contributed by atoms with Gasteiger partial charge in [0.05, 0.1) is 5.39 Å². The zero-order chi connectivity index (χ0) is 36.8. The van der Waals surface area contributed by atoms with Crippen molar-refractivity contribution in [2.24, 2.45) is 0 Å². The number of hydrogen-bond donors (Lipinski definition) is 0. The topological polar surface area (TPSA) is 3.01 Å². The van der Waals surface area contributed by atoms with Crippen molar-refractivity contribution in [1.82, 2.24) is 0 Å². The second kappa shape index (κ2) is 15.8. The molecule has 0 spiro atoms. The molecule has 1 nitrogen and oxygen atoms in total. The van der Waals surface area contributed by atoms with E-state index in [0.29, 0.717) is 0 Å². The Morgan fingerprint density at radius 3 is 2.32 bits per heavy atom. The van der Waals surface area contributed by atoms with Gasteiger partial charge in [0, 0.05) is 23.6 Å². The lowest BCUT2D eigenvalue weighted by atomic mass is 9.75. The summed E-state index contributed by atoms with van der Waals surface area (Å²) in [7, 11) is 0.